The lowest BCUT2D eigenvalue weighted by molar-refractivity contribution is 0.0954. The van der Waals surface area contributed by atoms with E-state index in [9.17, 15) is 4.79 Å². The maximum absolute atomic E-state index is 13.2. The number of para-hydroxylation sites is 1. The molecule has 0 aliphatic heterocycles. The normalized spacial score (nSPS) is 15.4. The van der Waals surface area contributed by atoms with Gasteiger partial charge in [-0.2, -0.15) is 5.10 Å². The Kier molecular flexibility index (Phi) is 7.47. The van der Waals surface area contributed by atoms with Crippen LogP contribution in [-0.4, -0.2) is 40.4 Å². The first-order chi connectivity index (χ1) is 16.1. The maximum Gasteiger partial charge on any atom is 0.254 e. The summed E-state index contributed by atoms with van der Waals surface area (Å²) in [7, 11) is 1.67. The Morgan fingerprint density at radius 1 is 1.21 bits per heavy atom. The number of benzene rings is 1. The molecule has 1 aliphatic carbocycles. The van der Waals surface area contributed by atoms with Crippen molar-refractivity contribution in [2.75, 3.05) is 19.0 Å². The number of aryl methyl sites for hydroxylation is 1. The van der Waals surface area contributed by atoms with Gasteiger partial charge in [-0.3, -0.25) is 4.79 Å². The van der Waals surface area contributed by atoms with E-state index < -0.39 is 0 Å². The summed E-state index contributed by atoms with van der Waals surface area (Å²) in [5.41, 5.74) is 3.29. The highest BCUT2D eigenvalue weighted by Crippen LogP contribution is 2.32. The van der Waals surface area contributed by atoms with E-state index in [0.29, 0.717) is 24.4 Å². The summed E-state index contributed by atoms with van der Waals surface area (Å²) in [6, 6.07) is 8.17. The highest BCUT2D eigenvalue weighted by molar-refractivity contribution is 6.06. The van der Waals surface area contributed by atoms with Crippen LogP contribution in [0.3, 0.4) is 0 Å². The maximum atomic E-state index is 13.2. The van der Waals surface area contributed by atoms with Crippen molar-refractivity contribution in [1.82, 2.24) is 20.1 Å². The van der Waals surface area contributed by atoms with E-state index in [-0.39, 0.29) is 11.9 Å². The van der Waals surface area contributed by atoms with Gasteiger partial charge in [0, 0.05) is 25.3 Å². The largest absolute Gasteiger partial charge is 0.496 e. The average Bonchev–Trinajstić information content (AvgIpc) is 3.28. The zero-order chi connectivity index (χ0) is 23.2. The van der Waals surface area contributed by atoms with Crippen molar-refractivity contribution >= 4 is 22.6 Å². The van der Waals surface area contributed by atoms with E-state index in [2.05, 4.69) is 27.6 Å². The summed E-state index contributed by atoms with van der Waals surface area (Å²) in [6.07, 6.45) is 10.6. The summed E-state index contributed by atoms with van der Waals surface area (Å²) >= 11 is 0. The van der Waals surface area contributed by atoms with Crippen LogP contribution < -0.4 is 15.4 Å². The van der Waals surface area contributed by atoms with Crippen molar-refractivity contribution in [3.05, 3.63) is 47.8 Å². The number of hydrogen-bond acceptors (Lipinski definition) is 5. The highest BCUT2D eigenvalue weighted by Gasteiger charge is 2.24. The Hall–Kier alpha value is -3.09. The van der Waals surface area contributed by atoms with E-state index >= 15 is 0 Å². The molecule has 0 bridgehead atoms. The van der Waals surface area contributed by atoms with E-state index in [1.807, 2.05) is 42.1 Å². The van der Waals surface area contributed by atoms with E-state index in [1.165, 1.54) is 32.1 Å². The Balaban J connectivity index is 1.55. The molecule has 7 heteroatoms. The number of nitrogens with one attached hydrogen (secondary N) is 2. The van der Waals surface area contributed by atoms with Gasteiger partial charge in [-0.05, 0) is 50.7 Å². The van der Waals surface area contributed by atoms with Gasteiger partial charge in [0.1, 0.15) is 5.75 Å². The van der Waals surface area contributed by atoms with Crippen LogP contribution >= 0.6 is 0 Å². The smallest absolute Gasteiger partial charge is 0.254 e. The predicted octanol–water partition coefficient (Wildman–Crippen LogP) is 4.81. The molecular weight excluding hydrogens is 414 g/mol. The summed E-state index contributed by atoms with van der Waals surface area (Å²) in [4.78, 5) is 17.8. The SMILES string of the molecule is CCn1ncc2c(N[C@H](C)C3CCCCC3)c(C(=O)NCCc3ccccc3OC)cnc21. The molecule has 0 unspecified atom stereocenters. The minimum Gasteiger partial charge on any atom is -0.496 e. The quantitative estimate of drug-likeness (QED) is 0.490. The molecule has 176 valence electrons. The molecule has 2 aromatic heterocycles. The predicted molar refractivity (Wildman–Crippen MR) is 132 cm³/mol. The number of aromatic nitrogens is 3. The third-order valence-electron chi connectivity index (χ3n) is 6.81. The Labute approximate surface area is 195 Å². The van der Waals surface area contributed by atoms with E-state index in [0.717, 1.165) is 34.6 Å². The van der Waals surface area contributed by atoms with Gasteiger partial charge in [0.05, 0.1) is 29.9 Å². The first kappa shape index (κ1) is 23.1. The molecule has 1 atom stereocenters. The van der Waals surface area contributed by atoms with Crippen LogP contribution in [0.15, 0.2) is 36.7 Å². The molecule has 2 heterocycles. The molecule has 1 fully saturated rings. The Bertz CT molecular complexity index is 1090. The van der Waals surface area contributed by atoms with Crippen molar-refractivity contribution < 1.29 is 9.53 Å². The van der Waals surface area contributed by atoms with Crippen LogP contribution in [0.25, 0.3) is 11.0 Å². The molecule has 1 aliphatic rings. The molecule has 4 rings (SSSR count). The topological polar surface area (TPSA) is 81.1 Å². The number of anilines is 1. The van der Waals surface area contributed by atoms with Crippen molar-refractivity contribution in [3.63, 3.8) is 0 Å². The van der Waals surface area contributed by atoms with E-state index in [1.54, 1.807) is 13.3 Å². The second kappa shape index (κ2) is 10.7. The van der Waals surface area contributed by atoms with Crippen molar-refractivity contribution in [2.24, 2.45) is 5.92 Å². The second-order valence-corrected chi connectivity index (χ2v) is 8.89. The van der Waals surface area contributed by atoms with Gasteiger partial charge < -0.3 is 15.4 Å². The van der Waals surface area contributed by atoms with Gasteiger partial charge in [-0.15, -0.1) is 0 Å². The number of nitrogens with zero attached hydrogens (tertiary/aromatic N) is 3. The minimum absolute atomic E-state index is 0.123. The standard InChI is InChI=1S/C26H35N5O2/c1-4-31-25-21(17-29-31)24(30-18(2)19-10-6-5-7-11-19)22(16-28-25)26(32)27-15-14-20-12-8-9-13-23(20)33-3/h8-9,12-13,16-19H,4-7,10-11,14-15H2,1-3H3,(H,27,32)(H,28,30)/t18-/m1/s1. The van der Waals surface area contributed by atoms with E-state index in [4.69, 9.17) is 4.74 Å². The molecule has 0 saturated heterocycles. The zero-order valence-electron chi connectivity index (χ0n) is 19.9. The molecule has 2 N–H and O–H groups in total. The molecule has 33 heavy (non-hydrogen) atoms. The van der Waals surface area contributed by atoms with Crippen molar-refractivity contribution in [3.8, 4) is 5.75 Å². The number of hydrogen-bond donors (Lipinski definition) is 2. The van der Waals surface area contributed by atoms with Gasteiger partial charge >= 0.3 is 0 Å². The molecule has 0 spiro atoms. The van der Waals surface area contributed by atoms with Crippen molar-refractivity contribution in [2.45, 2.75) is 65.0 Å². The van der Waals surface area contributed by atoms with Crippen molar-refractivity contribution in [1.29, 1.82) is 0 Å². The zero-order valence-corrected chi connectivity index (χ0v) is 19.9. The fraction of sp³-hybridized carbons (Fsp3) is 0.500. The third kappa shape index (κ3) is 5.13. The number of fused-ring (bicyclic) bond motifs is 1. The van der Waals surface area contributed by atoms with Crippen LogP contribution in [0, 0.1) is 5.92 Å². The molecule has 3 aromatic rings. The number of rotatable bonds is 9. The molecule has 7 nitrogen and oxygen atoms in total. The van der Waals surface area contributed by atoms with Gasteiger partial charge in [-0.1, -0.05) is 37.5 Å². The van der Waals surface area contributed by atoms with Crippen LogP contribution in [0.5, 0.6) is 5.75 Å². The van der Waals surface area contributed by atoms with Gasteiger partial charge in [0.15, 0.2) is 5.65 Å². The monoisotopic (exact) mass is 449 g/mol. The van der Waals surface area contributed by atoms with Gasteiger partial charge in [0.2, 0.25) is 0 Å². The number of methoxy groups -OCH3 is 1. The number of carbonyl (C=O) groups is 1. The summed E-state index contributed by atoms with van der Waals surface area (Å²) in [6.45, 7) is 5.53. The number of carbonyl (C=O) groups excluding carboxylic acids is 1. The minimum atomic E-state index is -0.123. The number of amides is 1. The molecule has 1 saturated carbocycles. The van der Waals surface area contributed by atoms with Gasteiger partial charge in [0.25, 0.3) is 5.91 Å². The van der Waals surface area contributed by atoms with Crippen LogP contribution in [0.2, 0.25) is 0 Å². The molecular formula is C26H35N5O2. The molecule has 1 aromatic carbocycles. The molecule has 0 radical (unpaired) electrons. The third-order valence-corrected chi connectivity index (χ3v) is 6.81. The summed E-state index contributed by atoms with van der Waals surface area (Å²) in [5, 5.41) is 12.2. The number of pyridine rings is 1. The highest BCUT2D eigenvalue weighted by atomic mass is 16.5. The Morgan fingerprint density at radius 3 is 2.76 bits per heavy atom. The lowest BCUT2D eigenvalue weighted by Crippen LogP contribution is -2.31. The summed E-state index contributed by atoms with van der Waals surface area (Å²) in [5.74, 6) is 1.33. The van der Waals surface area contributed by atoms with Crippen LogP contribution in [-0.2, 0) is 13.0 Å². The lowest BCUT2D eigenvalue weighted by Gasteiger charge is -2.29. The Morgan fingerprint density at radius 2 is 2.00 bits per heavy atom. The molecule has 1 amide bonds. The lowest BCUT2D eigenvalue weighted by atomic mass is 9.84. The van der Waals surface area contributed by atoms with Crippen LogP contribution in [0.4, 0.5) is 5.69 Å². The second-order valence-electron chi connectivity index (χ2n) is 8.89. The van der Waals surface area contributed by atoms with Crippen LogP contribution in [0.1, 0.15) is 61.9 Å². The average molecular weight is 450 g/mol. The van der Waals surface area contributed by atoms with Gasteiger partial charge in [-0.25, -0.2) is 9.67 Å². The summed E-state index contributed by atoms with van der Waals surface area (Å²) < 4.78 is 7.30. The fourth-order valence-corrected chi connectivity index (χ4v) is 4.88. The number of ether oxygens (including phenoxy) is 1. The first-order valence-corrected chi connectivity index (χ1v) is 12.1. The first-order valence-electron chi connectivity index (χ1n) is 12.1. The fourth-order valence-electron chi connectivity index (χ4n) is 4.88.